The van der Waals surface area contributed by atoms with Crippen molar-refractivity contribution in [2.75, 3.05) is 20.8 Å². The summed E-state index contributed by atoms with van der Waals surface area (Å²) < 4.78 is 15.0. The summed E-state index contributed by atoms with van der Waals surface area (Å²) in [7, 11) is 2.99. The van der Waals surface area contributed by atoms with Crippen LogP contribution in [-0.4, -0.2) is 26.8 Å². The van der Waals surface area contributed by atoms with Gasteiger partial charge in [-0.05, 0) is 24.1 Å². The zero-order valence-electron chi connectivity index (χ0n) is 10.7. The molecule has 0 fully saturated rings. The summed E-state index contributed by atoms with van der Waals surface area (Å²) in [5, 5.41) is 0. The van der Waals surface area contributed by atoms with Crippen LogP contribution in [0.25, 0.3) is 0 Å². The van der Waals surface area contributed by atoms with Crippen molar-refractivity contribution >= 4 is 5.97 Å². The third-order valence-electron chi connectivity index (χ3n) is 2.31. The topological polar surface area (TPSA) is 44.8 Å². The minimum absolute atomic E-state index is 0.342. The second-order valence-corrected chi connectivity index (χ2v) is 3.61. The van der Waals surface area contributed by atoms with Gasteiger partial charge in [-0.1, -0.05) is 18.2 Å². The molecule has 4 nitrogen and oxygen atoms in total. The van der Waals surface area contributed by atoms with Gasteiger partial charge in [-0.3, -0.25) is 0 Å². The number of carbonyl (C=O) groups excluding carboxylic acids is 1. The van der Waals surface area contributed by atoms with Crippen LogP contribution < -0.4 is 4.74 Å². The Hall–Kier alpha value is -1.81. The van der Waals surface area contributed by atoms with Crippen molar-refractivity contribution in [1.29, 1.82) is 0 Å². The molecule has 0 saturated carbocycles. The second-order valence-electron chi connectivity index (χ2n) is 3.61. The second kappa shape index (κ2) is 8.31. The van der Waals surface area contributed by atoms with Gasteiger partial charge in [-0.2, -0.15) is 0 Å². The molecule has 1 aromatic rings. The Morgan fingerprint density at radius 3 is 2.56 bits per heavy atom. The van der Waals surface area contributed by atoms with Crippen molar-refractivity contribution in [1.82, 2.24) is 0 Å². The van der Waals surface area contributed by atoms with Gasteiger partial charge in [-0.25, -0.2) is 4.79 Å². The maximum Gasteiger partial charge on any atom is 0.330 e. The van der Waals surface area contributed by atoms with E-state index in [-0.39, 0.29) is 5.97 Å². The summed E-state index contributed by atoms with van der Waals surface area (Å²) in [5.74, 6) is 0.491. The van der Waals surface area contributed by atoms with Crippen molar-refractivity contribution in [2.24, 2.45) is 0 Å². The van der Waals surface area contributed by atoms with E-state index < -0.39 is 0 Å². The van der Waals surface area contributed by atoms with E-state index in [1.807, 2.05) is 24.3 Å². The first-order chi connectivity index (χ1) is 8.76. The quantitative estimate of drug-likeness (QED) is 0.423. The van der Waals surface area contributed by atoms with E-state index in [1.165, 1.54) is 13.2 Å². The highest BCUT2D eigenvalue weighted by atomic mass is 16.5. The Morgan fingerprint density at radius 2 is 1.94 bits per heavy atom. The van der Waals surface area contributed by atoms with Crippen molar-refractivity contribution < 1.29 is 19.0 Å². The first-order valence-electron chi connectivity index (χ1n) is 5.71. The van der Waals surface area contributed by atoms with E-state index in [1.54, 1.807) is 13.2 Å². The van der Waals surface area contributed by atoms with E-state index in [9.17, 15) is 4.79 Å². The number of methoxy groups -OCH3 is 2. The Bertz CT molecular complexity index is 381. The third kappa shape index (κ3) is 5.50. The fourth-order valence-corrected chi connectivity index (χ4v) is 1.31. The van der Waals surface area contributed by atoms with E-state index in [4.69, 9.17) is 9.47 Å². The summed E-state index contributed by atoms with van der Waals surface area (Å²) in [5.41, 5.74) is 1.09. The monoisotopic (exact) mass is 250 g/mol. The molecule has 18 heavy (non-hydrogen) atoms. The molecule has 0 saturated heterocycles. The number of hydrogen-bond acceptors (Lipinski definition) is 4. The van der Waals surface area contributed by atoms with Gasteiger partial charge >= 0.3 is 5.97 Å². The van der Waals surface area contributed by atoms with Crippen LogP contribution in [0.4, 0.5) is 0 Å². The molecule has 0 heterocycles. The first-order valence-corrected chi connectivity index (χ1v) is 5.71. The lowest BCUT2D eigenvalue weighted by Gasteiger charge is -2.04. The highest BCUT2D eigenvalue weighted by molar-refractivity contribution is 5.81. The Balaban J connectivity index is 2.17. The van der Waals surface area contributed by atoms with E-state index in [0.29, 0.717) is 19.6 Å². The van der Waals surface area contributed by atoms with Crippen LogP contribution in [0.5, 0.6) is 5.75 Å². The molecule has 0 aliphatic heterocycles. The molecule has 1 rings (SSSR count). The Kier molecular flexibility index (Phi) is 6.58. The normalized spacial score (nSPS) is 10.6. The largest absolute Gasteiger partial charge is 0.497 e. The maximum absolute atomic E-state index is 10.8. The third-order valence-corrected chi connectivity index (χ3v) is 2.31. The Morgan fingerprint density at radius 1 is 1.22 bits per heavy atom. The molecule has 98 valence electrons. The molecule has 0 bridgehead atoms. The van der Waals surface area contributed by atoms with Gasteiger partial charge in [0.15, 0.2) is 0 Å². The number of esters is 1. The number of rotatable bonds is 7. The predicted molar refractivity (Wildman–Crippen MR) is 68.4 cm³/mol. The summed E-state index contributed by atoms with van der Waals surface area (Å²) in [4.78, 5) is 10.8. The number of carbonyl (C=O) groups is 1. The summed E-state index contributed by atoms with van der Waals surface area (Å²) in [6.45, 7) is 1.12. The van der Waals surface area contributed by atoms with Crippen LogP contribution in [-0.2, 0) is 20.9 Å². The molecule has 0 spiro atoms. The van der Waals surface area contributed by atoms with Crippen LogP contribution in [0.2, 0.25) is 0 Å². The molecule has 0 N–H and O–H groups in total. The minimum atomic E-state index is -0.342. The highest BCUT2D eigenvalue weighted by Crippen LogP contribution is 2.11. The summed E-state index contributed by atoms with van der Waals surface area (Å²) in [6.07, 6.45) is 3.82. The number of hydrogen-bond donors (Lipinski definition) is 0. The fraction of sp³-hybridized carbons (Fsp3) is 0.357. The molecule has 4 heteroatoms. The average Bonchev–Trinajstić information content (AvgIpc) is 2.43. The smallest absolute Gasteiger partial charge is 0.330 e. The van der Waals surface area contributed by atoms with Gasteiger partial charge < -0.3 is 14.2 Å². The van der Waals surface area contributed by atoms with Crippen LogP contribution in [0.15, 0.2) is 36.4 Å². The lowest BCUT2D eigenvalue weighted by Crippen LogP contribution is -1.96. The van der Waals surface area contributed by atoms with Crippen molar-refractivity contribution in [3.63, 3.8) is 0 Å². The van der Waals surface area contributed by atoms with Gasteiger partial charge in [0.1, 0.15) is 5.75 Å². The van der Waals surface area contributed by atoms with E-state index in [2.05, 4.69) is 4.74 Å². The van der Waals surface area contributed by atoms with Gasteiger partial charge in [0.2, 0.25) is 0 Å². The maximum atomic E-state index is 10.8. The summed E-state index contributed by atoms with van der Waals surface area (Å²) in [6, 6.07) is 7.72. The average molecular weight is 250 g/mol. The van der Waals surface area contributed by atoms with Gasteiger partial charge in [0.05, 0.1) is 27.4 Å². The van der Waals surface area contributed by atoms with E-state index in [0.717, 1.165) is 11.3 Å². The number of benzene rings is 1. The first kappa shape index (κ1) is 14.3. The number of ether oxygens (including phenoxy) is 3. The molecule has 0 radical (unpaired) electrons. The van der Waals surface area contributed by atoms with Crippen LogP contribution in [0, 0.1) is 0 Å². The molecule has 0 aliphatic rings. The van der Waals surface area contributed by atoms with Crippen LogP contribution in [0.3, 0.4) is 0 Å². The fourth-order valence-electron chi connectivity index (χ4n) is 1.31. The van der Waals surface area contributed by atoms with Crippen LogP contribution in [0.1, 0.15) is 12.0 Å². The van der Waals surface area contributed by atoms with Crippen molar-refractivity contribution in [2.45, 2.75) is 13.0 Å². The van der Waals surface area contributed by atoms with Gasteiger partial charge in [0.25, 0.3) is 0 Å². The molecule has 0 atom stereocenters. The van der Waals surface area contributed by atoms with Crippen molar-refractivity contribution in [3.05, 3.63) is 42.0 Å². The van der Waals surface area contributed by atoms with Gasteiger partial charge in [0, 0.05) is 6.08 Å². The van der Waals surface area contributed by atoms with Crippen LogP contribution >= 0.6 is 0 Å². The molecular formula is C14H18O4. The SMILES string of the molecule is COC(=O)/C=C/CCOCc1ccc(OC)cc1. The van der Waals surface area contributed by atoms with E-state index >= 15 is 0 Å². The standard InChI is InChI=1S/C14H18O4/c1-16-13-8-6-12(7-9-13)11-18-10-4-3-5-14(15)17-2/h3,5-9H,4,10-11H2,1-2H3/b5-3+. The lowest BCUT2D eigenvalue weighted by atomic mass is 10.2. The Labute approximate surface area is 107 Å². The molecule has 0 amide bonds. The lowest BCUT2D eigenvalue weighted by molar-refractivity contribution is -0.134. The summed E-state index contributed by atoms with van der Waals surface area (Å²) >= 11 is 0. The van der Waals surface area contributed by atoms with Gasteiger partial charge in [-0.15, -0.1) is 0 Å². The van der Waals surface area contributed by atoms with Crippen molar-refractivity contribution in [3.8, 4) is 5.75 Å². The highest BCUT2D eigenvalue weighted by Gasteiger charge is 1.95. The molecule has 0 unspecified atom stereocenters. The molecule has 1 aromatic carbocycles. The molecular weight excluding hydrogens is 232 g/mol. The molecule has 0 aliphatic carbocycles. The predicted octanol–water partition coefficient (Wildman–Crippen LogP) is 2.33. The minimum Gasteiger partial charge on any atom is -0.497 e. The zero-order valence-corrected chi connectivity index (χ0v) is 10.7. The zero-order chi connectivity index (χ0) is 13.2. The molecule has 0 aromatic heterocycles.